The minimum atomic E-state index is -0.393. The summed E-state index contributed by atoms with van der Waals surface area (Å²) in [5.41, 5.74) is 5.68. The summed E-state index contributed by atoms with van der Waals surface area (Å²) in [6, 6.07) is 10.4. The van der Waals surface area contributed by atoms with Gasteiger partial charge >= 0.3 is 0 Å². The highest BCUT2D eigenvalue weighted by Crippen LogP contribution is 2.33. The van der Waals surface area contributed by atoms with Crippen LogP contribution < -0.4 is 0 Å². The lowest BCUT2D eigenvalue weighted by Crippen LogP contribution is -2.35. The molecule has 30 heavy (non-hydrogen) atoms. The zero-order valence-electron chi connectivity index (χ0n) is 17.4. The second kappa shape index (κ2) is 8.28. The quantitative estimate of drug-likeness (QED) is 0.684. The summed E-state index contributed by atoms with van der Waals surface area (Å²) in [7, 11) is 0. The third kappa shape index (κ3) is 3.54. The Balaban J connectivity index is 1.75. The van der Waals surface area contributed by atoms with Crippen molar-refractivity contribution in [3.63, 3.8) is 0 Å². The summed E-state index contributed by atoms with van der Waals surface area (Å²) < 4.78 is 3.01. The number of fused-ring (bicyclic) bond motifs is 1. The average molecular weight is 438 g/mol. The third-order valence-corrected chi connectivity index (χ3v) is 7.01. The Morgan fingerprint density at radius 1 is 1.23 bits per heavy atom. The van der Waals surface area contributed by atoms with Gasteiger partial charge in [0.25, 0.3) is 5.91 Å². The Hall–Kier alpha value is -2.58. The van der Waals surface area contributed by atoms with E-state index < -0.39 is 5.91 Å². The molecule has 0 radical (unpaired) electrons. The number of aromatic nitrogens is 1. The monoisotopic (exact) mass is 437 g/mol. The van der Waals surface area contributed by atoms with Crippen molar-refractivity contribution in [2.24, 2.45) is 10.1 Å². The number of amidine groups is 2. The first kappa shape index (κ1) is 20.7. The standard InChI is InChI=1S/C22H23N5OS2/c1-5-15-9-7-8-10-18(15)26-13(3)11-16(14(26)4)12-17-19(23)27-21(24-20(17)28)30-22(25-27)29-6-2/h7-12,23H,5-6H2,1-4H3/b17-12-,23-19?. The minimum Gasteiger partial charge on any atom is -0.318 e. The van der Waals surface area contributed by atoms with Gasteiger partial charge in [-0.25, -0.2) is 0 Å². The van der Waals surface area contributed by atoms with Crippen molar-refractivity contribution in [3.8, 4) is 5.69 Å². The Bertz CT molecular complexity index is 1140. The molecule has 3 heterocycles. The van der Waals surface area contributed by atoms with Gasteiger partial charge in [-0.3, -0.25) is 10.2 Å². The number of nitrogens with one attached hydrogen (secondary N) is 1. The van der Waals surface area contributed by atoms with E-state index in [-0.39, 0.29) is 11.4 Å². The van der Waals surface area contributed by atoms with Crippen molar-refractivity contribution in [2.45, 2.75) is 34.1 Å². The normalized spacial score (nSPS) is 17.5. The van der Waals surface area contributed by atoms with E-state index in [9.17, 15) is 4.79 Å². The number of nitrogens with zero attached hydrogens (tertiary/aromatic N) is 4. The largest absolute Gasteiger partial charge is 0.318 e. The summed E-state index contributed by atoms with van der Waals surface area (Å²) >= 11 is 2.92. The fourth-order valence-corrected chi connectivity index (χ4v) is 5.47. The number of rotatable bonds is 4. The number of hydrazone groups is 1. The zero-order valence-corrected chi connectivity index (χ0v) is 19.0. The summed E-state index contributed by atoms with van der Waals surface area (Å²) in [6.45, 7) is 8.28. The van der Waals surface area contributed by atoms with Gasteiger partial charge in [-0.2, -0.15) is 10.0 Å². The van der Waals surface area contributed by atoms with Crippen LogP contribution in [0.4, 0.5) is 0 Å². The van der Waals surface area contributed by atoms with Gasteiger partial charge in [0, 0.05) is 17.1 Å². The van der Waals surface area contributed by atoms with Crippen LogP contribution in [0.1, 0.15) is 36.4 Å². The van der Waals surface area contributed by atoms with E-state index in [0.29, 0.717) is 5.17 Å². The summed E-state index contributed by atoms with van der Waals surface area (Å²) in [4.78, 5) is 16.9. The van der Waals surface area contributed by atoms with E-state index in [4.69, 9.17) is 5.41 Å². The van der Waals surface area contributed by atoms with Gasteiger partial charge in [0.1, 0.15) is 0 Å². The lowest BCUT2D eigenvalue weighted by Gasteiger charge is -2.20. The molecule has 1 N–H and O–H groups in total. The van der Waals surface area contributed by atoms with Gasteiger partial charge in [0.05, 0.1) is 5.57 Å². The average Bonchev–Trinajstić information content (AvgIpc) is 3.25. The second-order valence-electron chi connectivity index (χ2n) is 6.96. The van der Waals surface area contributed by atoms with Gasteiger partial charge < -0.3 is 4.57 Å². The van der Waals surface area contributed by atoms with Crippen LogP contribution in [0.3, 0.4) is 0 Å². The van der Waals surface area contributed by atoms with Crippen LogP contribution in [0, 0.1) is 19.3 Å². The number of carbonyl (C=O) groups is 1. The van der Waals surface area contributed by atoms with Crippen LogP contribution in [0.2, 0.25) is 0 Å². The van der Waals surface area contributed by atoms with Gasteiger partial charge in [-0.05, 0) is 67.1 Å². The van der Waals surface area contributed by atoms with Crippen LogP contribution in [0.5, 0.6) is 0 Å². The predicted molar refractivity (Wildman–Crippen MR) is 128 cm³/mol. The number of benzene rings is 1. The molecule has 8 heteroatoms. The maximum atomic E-state index is 12.7. The molecular formula is C22H23N5OS2. The SMILES string of the molecule is CCSC1=NN2C(=N)/C(=C/c3cc(C)n(-c4ccccc4CC)c3C)C(=O)N=C2S1. The lowest BCUT2D eigenvalue weighted by molar-refractivity contribution is -0.114. The molecule has 2 aromatic rings. The van der Waals surface area contributed by atoms with Gasteiger partial charge in [0.15, 0.2) is 10.2 Å². The maximum absolute atomic E-state index is 12.7. The summed E-state index contributed by atoms with van der Waals surface area (Å²) in [5, 5.41) is 14.9. The molecule has 6 nitrogen and oxygen atoms in total. The van der Waals surface area contributed by atoms with Crippen LogP contribution in [-0.2, 0) is 11.2 Å². The van der Waals surface area contributed by atoms with E-state index in [1.807, 2.05) is 19.9 Å². The Kier molecular flexibility index (Phi) is 5.71. The highest BCUT2D eigenvalue weighted by atomic mass is 32.2. The van der Waals surface area contributed by atoms with E-state index >= 15 is 0 Å². The highest BCUT2D eigenvalue weighted by Gasteiger charge is 2.35. The fraction of sp³-hybridized carbons (Fsp3) is 0.273. The first-order valence-corrected chi connectivity index (χ1v) is 11.6. The van der Waals surface area contributed by atoms with Crippen molar-refractivity contribution < 1.29 is 4.79 Å². The Labute approximate surface area is 184 Å². The molecule has 1 amide bonds. The lowest BCUT2D eigenvalue weighted by atomic mass is 10.1. The molecule has 1 aromatic carbocycles. The topological polar surface area (TPSA) is 73.8 Å². The molecular weight excluding hydrogens is 414 g/mol. The summed E-state index contributed by atoms with van der Waals surface area (Å²) in [5.74, 6) is 0.556. The first-order valence-electron chi connectivity index (χ1n) is 9.84. The Morgan fingerprint density at radius 3 is 2.73 bits per heavy atom. The molecule has 2 aliphatic heterocycles. The third-order valence-electron chi connectivity index (χ3n) is 5.09. The predicted octanol–water partition coefficient (Wildman–Crippen LogP) is 4.99. The summed E-state index contributed by atoms with van der Waals surface area (Å²) in [6.07, 6.45) is 2.70. The van der Waals surface area contributed by atoms with Crippen LogP contribution >= 0.6 is 23.5 Å². The van der Waals surface area contributed by atoms with Gasteiger partial charge in [0.2, 0.25) is 5.17 Å². The van der Waals surface area contributed by atoms with Gasteiger partial charge in [-0.15, -0.1) is 5.10 Å². The highest BCUT2D eigenvalue weighted by molar-refractivity contribution is 8.45. The van der Waals surface area contributed by atoms with Crippen molar-refractivity contribution in [1.82, 2.24) is 9.58 Å². The molecule has 0 bridgehead atoms. The van der Waals surface area contributed by atoms with E-state index in [1.165, 1.54) is 22.3 Å². The molecule has 0 aliphatic carbocycles. The first-order chi connectivity index (χ1) is 14.4. The number of hydrogen-bond acceptors (Lipinski definition) is 5. The van der Waals surface area contributed by atoms with Crippen LogP contribution in [0.25, 0.3) is 11.8 Å². The number of amides is 1. The maximum Gasteiger partial charge on any atom is 0.283 e. The van der Waals surface area contributed by atoms with E-state index in [1.54, 1.807) is 17.8 Å². The molecule has 1 aromatic heterocycles. The van der Waals surface area contributed by atoms with E-state index in [0.717, 1.165) is 39.2 Å². The second-order valence-corrected chi connectivity index (χ2v) is 9.43. The minimum absolute atomic E-state index is 0.0722. The molecule has 0 fully saturated rings. The number of thioether (sulfide) groups is 2. The molecule has 2 aliphatic rings. The number of aliphatic imine (C=N–C) groups is 1. The molecule has 0 atom stereocenters. The zero-order chi connectivity index (χ0) is 21.4. The number of hydrogen-bond donors (Lipinski definition) is 1. The molecule has 0 saturated carbocycles. The van der Waals surface area contributed by atoms with Crippen molar-refractivity contribution in [1.29, 1.82) is 5.41 Å². The fourth-order valence-electron chi connectivity index (χ4n) is 3.64. The molecule has 0 spiro atoms. The molecule has 4 rings (SSSR count). The van der Waals surface area contributed by atoms with Crippen LogP contribution in [0.15, 0.2) is 46.0 Å². The number of aryl methyl sites for hydroxylation is 2. The molecule has 0 unspecified atom stereocenters. The van der Waals surface area contributed by atoms with Crippen molar-refractivity contribution in [2.75, 3.05) is 5.75 Å². The van der Waals surface area contributed by atoms with Gasteiger partial charge in [-0.1, -0.05) is 43.8 Å². The van der Waals surface area contributed by atoms with Crippen molar-refractivity contribution in [3.05, 3.63) is 58.4 Å². The van der Waals surface area contributed by atoms with Crippen molar-refractivity contribution >= 4 is 50.9 Å². The molecule has 154 valence electrons. The smallest absolute Gasteiger partial charge is 0.283 e. The Morgan fingerprint density at radius 2 is 2.00 bits per heavy atom. The number of carbonyl (C=O) groups excluding carboxylic acids is 1. The molecule has 0 saturated heterocycles. The number of para-hydroxylation sites is 1. The van der Waals surface area contributed by atoms with E-state index in [2.05, 4.69) is 52.8 Å². The van der Waals surface area contributed by atoms with Crippen LogP contribution in [-0.4, -0.2) is 36.6 Å².